The van der Waals surface area contributed by atoms with Crippen LogP contribution in [0.1, 0.15) is 59.8 Å². The summed E-state index contributed by atoms with van der Waals surface area (Å²) < 4.78 is 0. The summed E-state index contributed by atoms with van der Waals surface area (Å²) in [7, 11) is 0. The van der Waals surface area contributed by atoms with Crippen molar-refractivity contribution in [3.8, 4) is 0 Å². The third-order valence-electron chi connectivity index (χ3n) is 5.27. The van der Waals surface area contributed by atoms with Gasteiger partial charge >= 0.3 is 0 Å². The molecule has 114 valence electrons. The Morgan fingerprint density at radius 2 is 1.80 bits per heavy atom. The van der Waals surface area contributed by atoms with E-state index in [1.807, 2.05) is 18.7 Å². The molecule has 1 N–H and O–H groups in total. The molecule has 2 amide bonds. The maximum Gasteiger partial charge on any atom is 0.246 e. The molecule has 0 aromatic carbocycles. The second kappa shape index (κ2) is 6.15. The van der Waals surface area contributed by atoms with Crippen LogP contribution >= 0.6 is 0 Å². The number of hydrogen-bond acceptors (Lipinski definition) is 2. The van der Waals surface area contributed by atoms with Crippen LogP contribution in [-0.4, -0.2) is 34.8 Å². The Kier molecular flexibility index (Phi) is 4.71. The van der Waals surface area contributed by atoms with Gasteiger partial charge in [-0.1, -0.05) is 27.7 Å². The molecular weight excluding hydrogens is 252 g/mol. The maximum absolute atomic E-state index is 12.7. The predicted octanol–water partition coefficient (Wildman–Crippen LogP) is 2.33. The molecule has 2 fully saturated rings. The molecule has 5 atom stereocenters. The monoisotopic (exact) mass is 280 g/mol. The normalized spacial score (nSPS) is 38.8. The molecule has 1 aliphatic heterocycles. The van der Waals surface area contributed by atoms with E-state index in [1.54, 1.807) is 0 Å². The minimum absolute atomic E-state index is 0.0326. The first-order valence-electron chi connectivity index (χ1n) is 8.12. The van der Waals surface area contributed by atoms with E-state index in [0.717, 1.165) is 25.2 Å². The lowest BCUT2D eigenvalue weighted by atomic mass is 9.77. The summed E-state index contributed by atoms with van der Waals surface area (Å²) in [5, 5.41) is 2.88. The van der Waals surface area contributed by atoms with Crippen LogP contribution in [0, 0.1) is 11.8 Å². The topological polar surface area (TPSA) is 49.4 Å². The minimum atomic E-state index is -0.319. The van der Waals surface area contributed by atoms with Crippen molar-refractivity contribution in [1.29, 1.82) is 0 Å². The highest BCUT2D eigenvalue weighted by molar-refractivity contribution is 5.97. The van der Waals surface area contributed by atoms with Crippen molar-refractivity contribution in [2.24, 2.45) is 11.8 Å². The van der Waals surface area contributed by atoms with Crippen LogP contribution in [0.5, 0.6) is 0 Å². The number of hydrogen-bond donors (Lipinski definition) is 1. The van der Waals surface area contributed by atoms with Crippen molar-refractivity contribution in [3.05, 3.63) is 0 Å². The molecule has 2 rings (SSSR count). The minimum Gasteiger partial charge on any atom is -0.343 e. The fraction of sp³-hybridized carbons (Fsp3) is 0.875. The standard InChI is InChI=1S/C16H28N2O2/c1-5-13-16(20)18(14(6-2)15(19)17-13)12-8-7-10(3)11(4)9-12/h10-14H,5-9H2,1-4H3,(H,17,19). The van der Waals surface area contributed by atoms with Gasteiger partial charge in [0, 0.05) is 6.04 Å². The number of piperazine rings is 1. The highest BCUT2D eigenvalue weighted by Gasteiger charge is 2.43. The average Bonchev–Trinajstić information content (AvgIpc) is 2.43. The van der Waals surface area contributed by atoms with E-state index >= 15 is 0 Å². The Morgan fingerprint density at radius 3 is 2.35 bits per heavy atom. The largest absolute Gasteiger partial charge is 0.343 e. The second-order valence-electron chi connectivity index (χ2n) is 6.56. The van der Waals surface area contributed by atoms with Crippen LogP contribution in [0.15, 0.2) is 0 Å². The van der Waals surface area contributed by atoms with Gasteiger partial charge in [0.1, 0.15) is 12.1 Å². The first-order valence-corrected chi connectivity index (χ1v) is 8.12. The molecule has 0 aromatic heterocycles. The third kappa shape index (κ3) is 2.70. The van der Waals surface area contributed by atoms with E-state index in [0.29, 0.717) is 18.8 Å². The Balaban J connectivity index is 2.20. The van der Waals surface area contributed by atoms with Crippen LogP contribution in [0.2, 0.25) is 0 Å². The van der Waals surface area contributed by atoms with E-state index in [2.05, 4.69) is 19.2 Å². The lowest BCUT2D eigenvalue weighted by Gasteiger charge is -2.46. The van der Waals surface area contributed by atoms with Crippen molar-refractivity contribution >= 4 is 11.8 Å². The van der Waals surface area contributed by atoms with Gasteiger partial charge in [-0.25, -0.2) is 0 Å². The molecule has 0 radical (unpaired) electrons. The van der Waals surface area contributed by atoms with Gasteiger partial charge in [-0.2, -0.15) is 0 Å². The number of amides is 2. The van der Waals surface area contributed by atoms with Gasteiger partial charge in [0.15, 0.2) is 0 Å². The van der Waals surface area contributed by atoms with E-state index in [1.165, 1.54) is 0 Å². The molecule has 0 spiro atoms. The Labute approximate surface area is 122 Å². The van der Waals surface area contributed by atoms with Gasteiger partial charge < -0.3 is 10.2 Å². The molecule has 0 aromatic rings. The van der Waals surface area contributed by atoms with Crippen molar-refractivity contribution < 1.29 is 9.59 Å². The van der Waals surface area contributed by atoms with Gasteiger partial charge in [-0.05, 0) is 43.9 Å². The summed E-state index contributed by atoms with van der Waals surface area (Å²) >= 11 is 0. The van der Waals surface area contributed by atoms with Crippen molar-refractivity contribution in [2.45, 2.75) is 77.9 Å². The molecule has 1 heterocycles. The molecule has 1 saturated heterocycles. The van der Waals surface area contributed by atoms with E-state index in [4.69, 9.17) is 0 Å². The molecule has 2 aliphatic rings. The maximum atomic E-state index is 12.7. The lowest BCUT2D eigenvalue weighted by molar-refractivity contribution is -0.153. The first kappa shape index (κ1) is 15.3. The summed E-state index contributed by atoms with van der Waals surface area (Å²) in [5.74, 6) is 1.52. The molecule has 1 aliphatic carbocycles. The number of nitrogens with zero attached hydrogens (tertiary/aromatic N) is 1. The van der Waals surface area contributed by atoms with Gasteiger partial charge in [0.05, 0.1) is 0 Å². The molecule has 1 saturated carbocycles. The molecule has 5 unspecified atom stereocenters. The second-order valence-corrected chi connectivity index (χ2v) is 6.56. The zero-order valence-electron chi connectivity index (χ0n) is 13.2. The van der Waals surface area contributed by atoms with Gasteiger partial charge in [-0.3, -0.25) is 9.59 Å². The highest BCUT2D eigenvalue weighted by Crippen LogP contribution is 2.34. The summed E-state index contributed by atoms with van der Waals surface area (Å²) in [6, 6.07) is -0.338. The summed E-state index contributed by atoms with van der Waals surface area (Å²) in [6.07, 6.45) is 4.61. The summed E-state index contributed by atoms with van der Waals surface area (Å²) in [4.78, 5) is 26.8. The average molecular weight is 280 g/mol. The SMILES string of the molecule is CCC1NC(=O)C(CC)N(C2CCC(C)C(C)C2)C1=O. The number of carbonyl (C=O) groups excluding carboxylic acids is 2. The summed E-state index contributed by atoms with van der Waals surface area (Å²) in [6.45, 7) is 8.51. The van der Waals surface area contributed by atoms with E-state index in [9.17, 15) is 9.59 Å². The first-order chi connectivity index (χ1) is 9.49. The Bertz CT molecular complexity index is 383. The van der Waals surface area contributed by atoms with Crippen LogP contribution in [-0.2, 0) is 9.59 Å². The van der Waals surface area contributed by atoms with Crippen LogP contribution in [0.4, 0.5) is 0 Å². The number of rotatable bonds is 3. The third-order valence-corrected chi connectivity index (χ3v) is 5.27. The Morgan fingerprint density at radius 1 is 1.10 bits per heavy atom. The zero-order chi connectivity index (χ0) is 14.9. The fourth-order valence-corrected chi connectivity index (χ4v) is 3.65. The molecule has 4 nitrogen and oxygen atoms in total. The van der Waals surface area contributed by atoms with Crippen molar-refractivity contribution in [3.63, 3.8) is 0 Å². The van der Waals surface area contributed by atoms with Crippen molar-refractivity contribution in [2.75, 3.05) is 0 Å². The van der Waals surface area contributed by atoms with E-state index < -0.39 is 0 Å². The van der Waals surface area contributed by atoms with Crippen molar-refractivity contribution in [1.82, 2.24) is 10.2 Å². The van der Waals surface area contributed by atoms with Gasteiger partial charge in [0.25, 0.3) is 0 Å². The van der Waals surface area contributed by atoms with Gasteiger partial charge in [0.2, 0.25) is 11.8 Å². The zero-order valence-corrected chi connectivity index (χ0v) is 13.2. The summed E-state index contributed by atoms with van der Waals surface area (Å²) in [5.41, 5.74) is 0. The smallest absolute Gasteiger partial charge is 0.246 e. The van der Waals surface area contributed by atoms with Crippen LogP contribution in [0.25, 0.3) is 0 Å². The van der Waals surface area contributed by atoms with Crippen LogP contribution < -0.4 is 5.32 Å². The van der Waals surface area contributed by atoms with Gasteiger partial charge in [-0.15, -0.1) is 0 Å². The molecular formula is C16H28N2O2. The fourth-order valence-electron chi connectivity index (χ4n) is 3.65. The number of carbonyl (C=O) groups is 2. The predicted molar refractivity (Wildman–Crippen MR) is 79.1 cm³/mol. The Hall–Kier alpha value is -1.06. The van der Waals surface area contributed by atoms with Crippen LogP contribution in [0.3, 0.4) is 0 Å². The molecule has 4 heteroatoms. The number of nitrogens with one attached hydrogen (secondary N) is 1. The van der Waals surface area contributed by atoms with E-state index in [-0.39, 0.29) is 29.9 Å². The molecule has 20 heavy (non-hydrogen) atoms. The molecule has 0 bridgehead atoms. The highest BCUT2D eigenvalue weighted by atomic mass is 16.2. The lowest BCUT2D eigenvalue weighted by Crippen LogP contribution is -2.66. The quantitative estimate of drug-likeness (QED) is 0.862.